The molecule has 0 spiro atoms. The monoisotopic (exact) mass is 329 g/mol. The van der Waals surface area contributed by atoms with Gasteiger partial charge in [0.15, 0.2) is 0 Å². The summed E-state index contributed by atoms with van der Waals surface area (Å²) in [6.07, 6.45) is 0.208. The van der Waals surface area contributed by atoms with E-state index in [1.807, 2.05) is 0 Å². The van der Waals surface area contributed by atoms with Crippen LogP contribution in [-0.4, -0.2) is 49.2 Å². The summed E-state index contributed by atoms with van der Waals surface area (Å²) < 4.78 is 14.8. The summed E-state index contributed by atoms with van der Waals surface area (Å²) >= 11 is 0. The molecule has 8 heteroatoms. The first kappa shape index (κ1) is 18.9. The zero-order valence-electron chi connectivity index (χ0n) is 13.8. The Kier molecular flexibility index (Phi) is 6.53. The molecule has 0 aromatic rings. The molecular formula is C15H23NO7. The normalized spacial score (nSPS) is 22.2. The maximum atomic E-state index is 12.4. The number of hydrogen-bond acceptors (Lipinski definition) is 7. The summed E-state index contributed by atoms with van der Waals surface area (Å²) in [6, 6.07) is 0. The number of rotatable bonds is 7. The second kappa shape index (κ2) is 7.94. The predicted molar refractivity (Wildman–Crippen MR) is 78.0 cm³/mol. The van der Waals surface area contributed by atoms with Gasteiger partial charge in [-0.2, -0.15) is 0 Å². The predicted octanol–water partition coefficient (Wildman–Crippen LogP) is 0.187. The van der Waals surface area contributed by atoms with Crippen molar-refractivity contribution in [2.75, 3.05) is 19.8 Å². The molecule has 1 amide bonds. The van der Waals surface area contributed by atoms with Crippen LogP contribution in [0.2, 0.25) is 0 Å². The van der Waals surface area contributed by atoms with Crippen LogP contribution in [0.25, 0.3) is 0 Å². The van der Waals surface area contributed by atoms with E-state index in [9.17, 15) is 19.2 Å². The molecule has 130 valence electrons. The fourth-order valence-electron chi connectivity index (χ4n) is 2.82. The minimum Gasteiger partial charge on any atom is -0.465 e. The van der Waals surface area contributed by atoms with Gasteiger partial charge in [0.2, 0.25) is 11.4 Å². The molecule has 1 rings (SSSR count). The van der Waals surface area contributed by atoms with Gasteiger partial charge < -0.3 is 19.5 Å². The summed E-state index contributed by atoms with van der Waals surface area (Å²) in [4.78, 5) is 49.2. The van der Waals surface area contributed by atoms with Crippen molar-refractivity contribution in [1.82, 2.24) is 5.32 Å². The Morgan fingerprint density at radius 3 is 1.83 bits per heavy atom. The van der Waals surface area contributed by atoms with Crippen molar-refractivity contribution in [3.8, 4) is 0 Å². The van der Waals surface area contributed by atoms with Gasteiger partial charge in [0.1, 0.15) is 5.92 Å². The Hall–Kier alpha value is -2.12. The molecule has 23 heavy (non-hydrogen) atoms. The van der Waals surface area contributed by atoms with E-state index in [4.69, 9.17) is 14.2 Å². The number of esters is 3. The quantitative estimate of drug-likeness (QED) is 0.403. The molecule has 8 nitrogen and oxygen atoms in total. The number of ether oxygens (including phenoxy) is 3. The second-order valence-electron chi connectivity index (χ2n) is 4.98. The van der Waals surface area contributed by atoms with Crippen molar-refractivity contribution in [2.24, 2.45) is 11.8 Å². The van der Waals surface area contributed by atoms with E-state index < -0.39 is 41.2 Å². The Morgan fingerprint density at radius 2 is 1.43 bits per heavy atom. The summed E-state index contributed by atoms with van der Waals surface area (Å²) in [7, 11) is 0. The van der Waals surface area contributed by atoms with Gasteiger partial charge in [-0.25, -0.2) is 9.59 Å². The minimum atomic E-state index is -2.02. The Balaban J connectivity index is 3.33. The summed E-state index contributed by atoms with van der Waals surface area (Å²) in [5, 5.41) is 2.34. The third kappa shape index (κ3) is 3.30. The lowest BCUT2D eigenvalue weighted by molar-refractivity contribution is -0.169. The molecule has 1 N–H and O–H groups in total. The molecule has 0 aromatic carbocycles. The van der Waals surface area contributed by atoms with Crippen molar-refractivity contribution < 1.29 is 33.4 Å². The zero-order valence-corrected chi connectivity index (χ0v) is 13.8. The molecular weight excluding hydrogens is 306 g/mol. The standard InChI is InChI=1S/C15H23NO7/c1-5-9-10(12(18)21-6-2)11(17)16-15(9,13(19)22-7-3)14(20)23-8-4/h9-10H,5-8H2,1-4H3,(H,16,17)/t9-,10-/m1/s1. The summed E-state index contributed by atoms with van der Waals surface area (Å²) in [5.41, 5.74) is -2.02. The van der Waals surface area contributed by atoms with E-state index in [2.05, 4.69) is 5.32 Å². The second-order valence-corrected chi connectivity index (χ2v) is 4.98. The molecule has 0 unspecified atom stereocenters. The first-order valence-corrected chi connectivity index (χ1v) is 7.73. The van der Waals surface area contributed by atoms with Gasteiger partial charge in [-0.15, -0.1) is 0 Å². The van der Waals surface area contributed by atoms with Gasteiger partial charge in [-0.3, -0.25) is 9.59 Å². The highest BCUT2D eigenvalue weighted by molar-refractivity contribution is 6.14. The fraction of sp³-hybridized carbons (Fsp3) is 0.733. The number of hydrogen-bond donors (Lipinski definition) is 1. The first-order chi connectivity index (χ1) is 10.9. The van der Waals surface area contributed by atoms with Crippen LogP contribution in [0.1, 0.15) is 34.1 Å². The average Bonchev–Trinajstić information content (AvgIpc) is 2.81. The van der Waals surface area contributed by atoms with E-state index in [1.165, 1.54) is 0 Å². The molecule has 0 bridgehead atoms. The molecule has 1 fully saturated rings. The number of amides is 1. The summed E-state index contributed by atoms with van der Waals surface area (Å²) in [6.45, 7) is 6.58. The van der Waals surface area contributed by atoms with Gasteiger partial charge in [0.25, 0.3) is 0 Å². The van der Waals surface area contributed by atoms with Crippen LogP contribution < -0.4 is 5.32 Å². The van der Waals surface area contributed by atoms with E-state index in [0.717, 1.165) is 0 Å². The Bertz CT molecular complexity index is 470. The van der Waals surface area contributed by atoms with Gasteiger partial charge in [-0.1, -0.05) is 6.92 Å². The molecule has 1 aliphatic rings. The number of carbonyl (C=O) groups is 4. The highest BCUT2D eigenvalue weighted by Crippen LogP contribution is 2.38. The largest absolute Gasteiger partial charge is 0.465 e. The summed E-state index contributed by atoms with van der Waals surface area (Å²) in [5.74, 6) is -5.56. The van der Waals surface area contributed by atoms with Crippen LogP contribution in [-0.2, 0) is 33.4 Å². The first-order valence-electron chi connectivity index (χ1n) is 7.73. The molecule has 0 aromatic heterocycles. The van der Waals surface area contributed by atoms with Gasteiger partial charge in [0, 0.05) is 5.92 Å². The van der Waals surface area contributed by atoms with Crippen molar-refractivity contribution in [1.29, 1.82) is 0 Å². The fourth-order valence-corrected chi connectivity index (χ4v) is 2.82. The van der Waals surface area contributed by atoms with Crippen molar-refractivity contribution >= 4 is 23.8 Å². The zero-order chi connectivity index (χ0) is 17.6. The molecule has 0 saturated carbocycles. The molecule has 1 heterocycles. The van der Waals surface area contributed by atoms with Crippen LogP contribution in [0.3, 0.4) is 0 Å². The van der Waals surface area contributed by atoms with Crippen LogP contribution in [0.15, 0.2) is 0 Å². The Labute approximate surface area is 134 Å². The number of nitrogens with one attached hydrogen (secondary N) is 1. The van der Waals surface area contributed by atoms with E-state index in [-0.39, 0.29) is 26.2 Å². The molecule has 2 atom stereocenters. The average molecular weight is 329 g/mol. The third-order valence-electron chi connectivity index (χ3n) is 3.74. The minimum absolute atomic E-state index is 0.0242. The van der Waals surface area contributed by atoms with Gasteiger partial charge >= 0.3 is 17.9 Å². The molecule has 1 saturated heterocycles. The molecule has 0 aliphatic carbocycles. The highest BCUT2D eigenvalue weighted by Gasteiger charge is 2.66. The van der Waals surface area contributed by atoms with Crippen LogP contribution in [0.4, 0.5) is 0 Å². The van der Waals surface area contributed by atoms with E-state index >= 15 is 0 Å². The Morgan fingerprint density at radius 1 is 0.957 bits per heavy atom. The van der Waals surface area contributed by atoms with Gasteiger partial charge in [0.05, 0.1) is 19.8 Å². The van der Waals surface area contributed by atoms with E-state index in [0.29, 0.717) is 0 Å². The van der Waals surface area contributed by atoms with Crippen molar-refractivity contribution in [3.05, 3.63) is 0 Å². The lowest BCUT2D eigenvalue weighted by Crippen LogP contribution is -2.60. The van der Waals surface area contributed by atoms with Crippen LogP contribution in [0, 0.1) is 11.8 Å². The lowest BCUT2D eigenvalue weighted by Gasteiger charge is -2.30. The SMILES string of the molecule is CCOC(=O)[C@H]1C(=O)NC(C(=O)OCC)(C(=O)OCC)[C@@H]1CC. The molecule has 0 radical (unpaired) electrons. The van der Waals surface area contributed by atoms with Gasteiger partial charge in [-0.05, 0) is 27.2 Å². The molecule has 1 aliphatic heterocycles. The van der Waals surface area contributed by atoms with Crippen LogP contribution in [0.5, 0.6) is 0 Å². The maximum Gasteiger partial charge on any atom is 0.344 e. The van der Waals surface area contributed by atoms with E-state index in [1.54, 1.807) is 27.7 Å². The van der Waals surface area contributed by atoms with Crippen molar-refractivity contribution in [2.45, 2.75) is 39.7 Å². The lowest BCUT2D eigenvalue weighted by atomic mass is 9.78. The smallest absolute Gasteiger partial charge is 0.344 e. The third-order valence-corrected chi connectivity index (χ3v) is 3.74. The van der Waals surface area contributed by atoms with Crippen LogP contribution >= 0.6 is 0 Å². The van der Waals surface area contributed by atoms with Crippen molar-refractivity contribution in [3.63, 3.8) is 0 Å². The maximum absolute atomic E-state index is 12.4. The number of carbonyl (C=O) groups excluding carboxylic acids is 4. The highest BCUT2D eigenvalue weighted by atomic mass is 16.6. The topological polar surface area (TPSA) is 108 Å².